The van der Waals surface area contributed by atoms with Crippen molar-refractivity contribution in [2.24, 2.45) is 0 Å². The van der Waals surface area contributed by atoms with Gasteiger partial charge in [0, 0.05) is 11.0 Å². The topological polar surface area (TPSA) is 83.5 Å². The fraction of sp³-hybridized carbons (Fsp3) is 0.211. The minimum Gasteiger partial charge on any atom is -0.507 e. The lowest BCUT2D eigenvalue weighted by atomic mass is 9.98. The Morgan fingerprint density at radius 1 is 1.19 bits per heavy atom. The number of aromatic hydroxyl groups is 1. The standard InChI is InChI=1S/C19H18ClNO4S/c1-11-3-4-13(7-12(11)2)15-8-17(20)16(9-18(15)22)19(23)21-14-5-6-26(24,25)10-14/h3-9,14,22H,10H2,1-2H3,(H,21,23)/t14-/m1/s1. The SMILES string of the molecule is Cc1ccc(-c2cc(Cl)c(C(=O)N[C@@H]3C=CS(=O)(=O)C3)cc2O)cc1C. The normalized spacial score (nSPS) is 18.0. The molecule has 1 aliphatic rings. The van der Waals surface area contributed by atoms with Crippen molar-refractivity contribution in [3.8, 4) is 16.9 Å². The van der Waals surface area contributed by atoms with Crippen LogP contribution in [0.3, 0.4) is 0 Å². The number of hydrogen-bond acceptors (Lipinski definition) is 4. The van der Waals surface area contributed by atoms with Gasteiger partial charge < -0.3 is 10.4 Å². The highest BCUT2D eigenvalue weighted by Crippen LogP contribution is 2.35. The summed E-state index contributed by atoms with van der Waals surface area (Å²) in [5.41, 5.74) is 3.63. The van der Waals surface area contributed by atoms with E-state index in [1.54, 1.807) is 0 Å². The van der Waals surface area contributed by atoms with Crippen LogP contribution >= 0.6 is 11.6 Å². The number of rotatable bonds is 3. The summed E-state index contributed by atoms with van der Waals surface area (Å²) in [5.74, 6) is -0.788. The zero-order valence-electron chi connectivity index (χ0n) is 14.3. The van der Waals surface area contributed by atoms with Gasteiger partial charge in [-0.25, -0.2) is 8.42 Å². The van der Waals surface area contributed by atoms with Crippen molar-refractivity contribution in [2.75, 3.05) is 5.75 Å². The number of aryl methyl sites for hydroxylation is 2. The molecule has 0 aliphatic carbocycles. The maximum absolute atomic E-state index is 12.4. The molecule has 0 aromatic heterocycles. The first-order valence-corrected chi connectivity index (χ1v) is 10.1. The van der Waals surface area contributed by atoms with E-state index in [1.165, 1.54) is 18.2 Å². The molecule has 0 radical (unpaired) electrons. The van der Waals surface area contributed by atoms with E-state index < -0.39 is 21.8 Å². The fourth-order valence-electron chi connectivity index (χ4n) is 2.79. The van der Waals surface area contributed by atoms with Crippen LogP contribution in [0.2, 0.25) is 5.02 Å². The maximum Gasteiger partial charge on any atom is 0.253 e. The summed E-state index contributed by atoms with van der Waals surface area (Å²) in [6, 6.07) is 8.00. The molecule has 1 aliphatic heterocycles. The van der Waals surface area contributed by atoms with E-state index in [2.05, 4.69) is 5.32 Å². The van der Waals surface area contributed by atoms with Gasteiger partial charge in [0.05, 0.1) is 22.4 Å². The Labute approximate surface area is 157 Å². The summed E-state index contributed by atoms with van der Waals surface area (Å²) in [6.45, 7) is 3.97. The minimum atomic E-state index is -3.27. The molecule has 0 spiro atoms. The van der Waals surface area contributed by atoms with Gasteiger partial charge in [-0.05, 0) is 48.7 Å². The predicted octanol–water partition coefficient (Wildman–Crippen LogP) is 3.37. The molecule has 5 nitrogen and oxygen atoms in total. The van der Waals surface area contributed by atoms with Crippen LogP contribution in [0.4, 0.5) is 0 Å². The van der Waals surface area contributed by atoms with Crippen molar-refractivity contribution < 1.29 is 18.3 Å². The van der Waals surface area contributed by atoms with Crippen LogP contribution in [0, 0.1) is 13.8 Å². The predicted molar refractivity (Wildman–Crippen MR) is 102 cm³/mol. The van der Waals surface area contributed by atoms with Gasteiger partial charge in [0.1, 0.15) is 5.75 Å². The number of phenolic OH excluding ortho intramolecular Hbond substituents is 1. The lowest BCUT2D eigenvalue weighted by Gasteiger charge is -2.14. The molecule has 0 unspecified atom stereocenters. The molecule has 2 N–H and O–H groups in total. The molecule has 1 amide bonds. The van der Waals surface area contributed by atoms with E-state index >= 15 is 0 Å². The van der Waals surface area contributed by atoms with Crippen molar-refractivity contribution in [2.45, 2.75) is 19.9 Å². The summed E-state index contributed by atoms with van der Waals surface area (Å²) >= 11 is 6.25. The average Bonchev–Trinajstić information content (AvgIpc) is 2.90. The van der Waals surface area contributed by atoms with Crippen molar-refractivity contribution in [3.63, 3.8) is 0 Å². The fourth-order valence-corrected chi connectivity index (χ4v) is 4.27. The molecule has 1 heterocycles. The Kier molecular flexibility index (Phi) is 4.82. The molecule has 0 fully saturated rings. The molecule has 1 atom stereocenters. The van der Waals surface area contributed by atoms with Gasteiger partial charge in [-0.2, -0.15) is 0 Å². The third-order valence-corrected chi connectivity index (χ3v) is 6.10. The van der Waals surface area contributed by atoms with Gasteiger partial charge >= 0.3 is 0 Å². The highest BCUT2D eigenvalue weighted by Gasteiger charge is 2.25. The van der Waals surface area contributed by atoms with Crippen molar-refractivity contribution in [1.29, 1.82) is 0 Å². The zero-order chi connectivity index (χ0) is 19.1. The average molecular weight is 392 g/mol. The van der Waals surface area contributed by atoms with Crippen molar-refractivity contribution in [3.05, 3.63) is 63.5 Å². The summed E-state index contributed by atoms with van der Waals surface area (Å²) in [7, 11) is -3.27. The first-order chi connectivity index (χ1) is 12.2. The molecular formula is C19H18ClNO4S. The molecule has 2 aromatic rings. The summed E-state index contributed by atoms with van der Waals surface area (Å²) in [6.07, 6.45) is 1.42. The number of benzene rings is 2. The van der Waals surface area contributed by atoms with Gasteiger partial charge in [-0.1, -0.05) is 29.8 Å². The monoisotopic (exact) mass is 391 g/mol. The quantitative estimate of drug-likeness (QED) is 0.840. The van der Waals surface area contributed by atoms with Crippen LogP contribution in [0.1, 0.15) is 21.5 Å². The largest absolute Gasteiger partial charge is 0.507 e. The second kappa shape index (κ2) is 6.78. The van der Waals surface area contributed by atoms with Crippen LogP contribution in [0.5, 0.6) is 5.75 Å². The highest BCUT2D eigenvalue weighted by atomic mass is 35.5. The number of amides is 1. The molecule has 136 valence electrons. The van der Waals surface area contributed by atoms with Crippen LogP contribution in [-0.2, 0) is 9.84 Å². The third-order valence-electron chi connectivity index (χ3n) is 4.39. The van der Waals surface area contributed by atoms with E-state index in [-0.39, 0.29) is 22.1 Å². The number of sulfone groups is 1. The first-order valence-electron chi connectivity index (χ1n) is 7.98. The Bertz CT molecular complexity index is 1030. The van der Waals surface area contributed by atoms with Gasteiger partial charge in [0.2, 0.25) is 0 Å². The Morgan fingerprint density at radius 2 is 1.92 bits per heavy atom. The zero-order valence-corrected chi connectivity index (χ0v) is 15.9. The first kappa shape index (κ1) is 18.5. The molecule has 7 heteroatoms. The third kappa shape index (κ3) is 3.76. The van der Waals surface area contributed by atoms with Gasteiger partial charge in [-0.15, -0.1) is 0 Å². The number of carbonyl (C=O) groups is 1. The summed E-state index contributed by atoms with van der Waals surface area (Å²) < 4.78 is 22.9. The number of carbonyl (C=O) groups excluding carboxylic acids is 1. The Hall–Kier alpha value is -2.31. The van der Waals surface area contributed by atoms with Crippen LogP contribution in [0.25, 0.3) is 11.1 Å². The van der Waals surface area contributed by atoms with Crippen LogP contribution < -0.4 is 5.32 Å². The van der Waals surface area contributed by atoms with Gasteiger partial charge in [0.25, 0.3) is 5.91 Å². The van der Waals surface area contributed by atoms with Crippen molar-refractivity contribution in [1.82, 2.24) is 5.32 Å². The molecule has 0 bridgehead atoms. The van der Waals surface area contributed by atoms with Crippen molar-refractivity contribution >= 4 is 27.3 Å². The molecule has 0 saturated carbocycles. The number of nitrogens with one attached hydrogen (secondary N) is 1. The molecule has 3 rings (SSSR count). The minimum absolute atomic E-state index is 0.0719. The molecule has 26 heavy (non-hydrogen) atoms. The summed E-state index contributed by atoms with van der Waals surface area (Å²) in [4.78, 5) is 12.4. The molecular weight excluding hydrogens is 374 g/mol. The smallest absolute Gasteiger partial charge is 0.253 e. The lowest BCUT2D eigenvalue weighted by Crippen LogP contribution is -2.35. The second-order valence-electron chi connectivity index (χ2n) is 6.39. The maximum atomic E-state index is 12.4. The Morgan fingerprint density at radius 3 is 2.54 bits per heavy atom. The molecule has 2 aromatic carbocycles. The second-order valence-corrected chi connectivity index (χ2v) is 8.72. The van der Waals surface area contributed by atoms with E-state index in [0.29, 0.717) is 5.56 Å². The number of halogens is 1. The van der Waals surface area contributed by atoms with Crippen LogP contribution in [-0.4, -0.2) is 31.2 Å². The van der Waals surface area contributed by atoms with Crippen LogP contribution in [0.15, 0.2) is 41.8 Å². The van der Waals surface area contributed by atoms with E-state index in [4.69, 9.17) is 11.6 Å². The van der Waals surface area contributed by atoms with E-state index in [1.807, 2.05) is 32.0 Å². The molecule has 0 saturated heterocycles. The highest BCUT2D eigenvalue weighted by molar-refractivity contribution is 7.94. The van der Waals surface area contributed by atoms with E-state index in [0.717, 1.165) is 22.1 Å². The Balaban J connectivity index is 1.88. The van der Waals surface area contributed by atoms with Gasteiger partial charge in [-0.3, -0.25) is 4.79 Å². The number of phenols is 1. The van der Waals surface area contributed by atoms with E-state index in [9.17, 15) is 18.3 Å². The summed E-state index contributed by atoms with van der Waals surface area (Å²) in [5, 5.41) is 14.2. The number of hydrogen-bond donors (Lipinski definition) is 2. The van der Waals surface area contributed by atoms with Gasteiger partial charge in [0.15, 0.2) is 9.84 Å². The lowest BCUT2D eigenvalue weighted by molar-refractivity contribution is 0.0947.